The van der Waals surface area contributed by atoms with Crippen LogP contribution in [0.4, 0.5) is 0 Å². The van der Waals surface area contributed by atoms with Crippen LogP contribution in [-0.2, 0) is 10.0 Å². The van der Waals surface area contributed by atoms with Gasteiger partial charge in [0.1, 0.15) is 4.90 Å². The average molecular weight is 295 g/mol. The molecule has 0 saturated carbocycles. The molecular weight excluding hydrogens is 291 g/mol. The van der Waals surface area contributed by atoms with E-state index in [1.54, 1.807) is 0 Å². The van der Waals surface area contributed by atoms with Crippen LogP contribution < -0.4 is 4.72 Å². The summed E-state index contributed by atoms with van der Waals surface area (Å²) < 4.78 is 24.5. The number of benzene rings is 1. The average Bonchev–Trinajstić information content (AvgIpc) is 2.15. The number of carbonyl (C=O) groups is 1. The van der Waals surface area contributed by atoms with Crippen LogP contribution in [0.15, 0.2) is 17.0 Å². The Morgan fingerprint density at radius 3 is 2.47 bits per heavy atom. The highest BCUT2D eigenvalue weighted by atomic mass is 35.5. The van der Waals surface area contributed by atoms with Gasteiger partial charge in [-0.15, -0.1) is 0 Å². The zero-order valence-electron chi connectivity index (χ0n) is 7.94. The van der Waals surface area contributed by atoms with Crippen molar-refractivity contribution in [3.63, 3.8) is 0 Å². The molecule has 9 heteroatoms. The van der Waals surface area contributed by atoms with Crippen molar-refractivity contribution in [1.29, 1.82) is 5.26 Å². The molecule has 0 amide bonds. The molecule has 0 saturated heterocycles. The van der Waals surface area contributed by atoms with Crippen LogP contribution in [0.25, 0.3) is 0 Å². The number of carboxylic acid groups (broad SMARTS) is 1. The summed E-state index contributed by atoms with van der Waals surface area (Å²) in [5.74, 6) is -1.46. The fourth-order valence-electron chi connectivity index (χ4n) is 1.05. The highest BCUT2D eigenvalue weighted by molar-refractivity contribution is 7.89. The van der Waals surface area contributed by atoms with E-state index in [0.29, 0.717) is 0 Å². The Morgan fingerprint density at radius 2 is 2.00 bits per heavy atom. The number of sulfonamides is 1. The third kappa shape index (κ3) is 2.61. The van der Waals surface area contributed by atoms with Crippen LogP contribution in [0.5, 0.6) is 0 Å². The lowest BCUT2D eigenvalue weighted by Gasteiger charge is -2.07. The number of rotatable bonds is 3. The van der Waals surface area contributed by atoms with Gasteiger partial charge in [-0.05, 0) is 12.1 Å². The Kier molecular flexibility index (Phi) is 3.83. The van der Waals surface area contributed by atoms with Crippen molar-refractivity contribution in [3.05, 3.63) is 27.7 Å². The van der Waals surface area contributed by atoms with E-state index in [1.807, 2.05) is 0 Å². The van der Waals surface area contributed by atoms with Gasteiger partial charge in [0.25, 0.3) is 10.0 Å². The van der Waals surface area contributed by atoms with Crippen molar-refractivity contribution < 1.29 is 18.3 Å². The fraction of sp³-hybridized carbons (Fsp3) is 0. The van der Waals surface area contributed by atoms with E-state index in [0.717, 1.165) is 12.1 Å². The van der Waals surface area contributed by atoms with Crippen molar-refractivity contribution in [2.45, 2.75) is 4.90 Å². The monoisotopic (exact) mass is 294 g/mol. The van der Waals surface area contributed by atoms with Crippen molar-refractivity contribution >= 4 is 39.2 Å². The molecule has 0 aliphatic heterocycles. The second-order valence-corrected chi connectivity index (χ2v) is 5.19. The molecule has 0 aromatic heterocycles. The standard InChI is InChI=1S/C8H4Cl2N2O4S/c9-4-1-2-5(17(15,16)12-3-11)7(10)6(4)8(13)14/h1-2,12H,(H,13,14). The van der Waals surface area contributed by atoms with E-state index in [1.165, 1.54) is 10.9 Å². The second kappa shape index (κ2) is 4.79. The molecular formula is C8H4Cl2N2O4S. The fourth-order valence-corrected chi connectivity index (χ4v) is 2.70. The van der Waals surface area contributed by atoms with Gasteiger partial charge < -0.3 is 5.11 Å². The van der Waals surface area contributed by atoms with E-state index in [-0.39, 0.29) is 5.02 Å². The smallest absolute Gasteiger partial charge is 0.338 e. The van der Waals surface area contributed by atoms with Gasteiger partial charge in [-0.3, -0.25) is 0 Å². The van der Waals surface area contributed by atoms with E-state index in [4.69, 9.17) is 33.6 Å². The number of aromatic carboxylic acids is 1. The van der Waals surface area contributed by atoms with Crippen molar-refractivity contribution in [3.8, 4) is 6.19 Å². The number of nitrogens with one attached hydrogen (secondary N) is 1. The minimum atomic E-state index is -4.18. The molecule has 0 aliphatic rings. The molecule has 0 heterocycles. The number of nitrogens with zero attached hydrogens (tertiary/aromatic N) is 1. The van der Waals surface area contributed by atoms with E-state index >= 15 is 0 Å². The molecule has 0 spiro atoms. The van der Waals surface area contributed by atoms with Gasteiger partial charge in [0.05, 0.1) is 15.6 Å². The lowest BCUT2D eigenvalue weighted by Crippen LogP contribution is -2.19. The van der Waals surface area contributed by atoms with Crippen LogP contribution in [0.3, 0.4) is 0 Å². The first-order valence-electron chi connectivity index (χ1n) is 3.93. The Bertz CT molecular complexity index is 621. The summed E-state index contributed by atoms with van der Waals surface area (Å²) in [4.78, 5) is 10.3. The highest BCUT2D eigenvalue weighted by Crippen LogP contribution is 2.30. The van der Waals surface area contributed by atoms with Crippen LogP contribution >= 0.6 is 23.2 Å². The number of hydrogen-bond acceptors (Lipinski definition) is 4. The molecule has 17 heavy (non-hydrogen) atoms. The Labute approximate surface area is 106 Å². The van der Waals surface area contributed by atoms with Gasteiger partial charge in [-0.2, -0.15) is 5.26 Å². The van der Waals surface area contributed by atoms with E-state index in [9.17, 15) is 13.2 Å². The molecule has 1 rings (SSSR count). The predicted molar refractivity (Wildman–Crippen MR) is 59.4 cm³/mol. The number of carboxylic acids is 1. The van der Waals surface area contributed by atoms with Crippen molar-refractivity contribution in [2.75, 3.05) is 0 Å². The Morgan fingerprint density at radius 1 is 1.41 bits per heavy atom. The zero-order valence-corrected chi connectivity index (χ0v) is 10.3. The maximum Gasteiger partial charge on any atom is 0.338 e. The topological polar surface area (TPSA) is 107 Å². The first kappa shape index (κ1) is 13.6. The van der Waals surface area contributed by atoms with Crippen molar-refractivity contribution in [1.82, 2.24) is 4.72 Å². The molecule has 6 nitrogen and oxygen atoms in total. The van der Waals surface area contributed by atoms with Gasteiger partial charge in [0.15, 0.2) is 6.19 Å². The molecule has 0 bridgehead atoms. The lowest BCUT2D eigenvalue weighted by molar-refractivity contribution is 0.0697. The van der Waals surface area contributed by atoms with Crippen LogP contribution in [0.1, 0.15) is 10.4 Å². The van der Waals surface area contributed by atoms with Gasteiger partial charge >= 0.3 is 5.97 Å². The molecule has 90 valence electrons. The molecule has 0 aliphatic carbocycles. The summed E-state index contributed by atoms with van der Waals surface area (Å²) in [7, 11) is -4.18. The largest absolute Gasteiger partial charge is 0.478 e. The molecule has 1 aromatic carbocycles. The van der Waals surface area contributed by atoms with Crippen LogP contribution in [0, 0.1) is 11.5 Å². The van der Waals surface area contributed by atoms with E-state index < -0.39 is 31.5 Å². The molecule has 2 N–H and O–H groups in total. The minimum absolute atomic E-state index is 0.196. The van der Waals surface area contributed by atoms with Gasteiger partial charge in [-0.25, -0.2) is 17.9 Å². The molecule has 0 radical (unpaired) electrons. The van der Waals surface area contributed by atoms with E-state index in [2.05, 4.69) is 0 Å². The molecule has 0 fully saturated rings. The summed E-state index contributed by atoms with van der Waals surface area (Å²) in [6.45, 7) is 0. The first-order valence-corrected chi connectivity index (χ1v) is 6.17. The molecule has 1 aromatic rings. The summed E-state index contributed by atoms with van der Waals surface area (Å²) in [5.41, 5.74) is -0.533. The molecule has 0 atom stereocenters. The normalized spacial score (nSPS) is 10.6. The van der Waals surface area contributed by atoms with Gasteiger partial charge in [-0.1, -0.05) is 23.2 Å². The first-order chi connectivity index (χ1) is 7.81. The van der Waals surface area contributed by atoms with Gasteiger partial charge in [0.2, 0.25) is 0 Å². The Hall–Kier alpha value is -1.49. The number of halogens is 2. The van der Waals surface area contributed by atoms with Crippen molar-refractivity contribution in [2.24, 2.45) is 0 Å². The highest BCUT2D eigenvalue weighted by Gasteiger charge is 2.24. The summed E-state index contributed by atoms with van der Waals surface area (Å²) >= 11 is 11.2. The third-order valence-corrected chi connectivity index (χ3v) is 3.84. The maximum absolute atomic E-state index is 11.5. The van der Waals surface area contributed by atoms with Gasteiger partial charge in [0, 0.05) is 0 Å². The summed E-state index contributed by atoms with van der Waals surface area (Å²) in [5, 5.41) is 16.3. The van der Waals surface area contributed by atoms with Crippen LogP contribution in [-0.4, -0.2) is 19.5 Å². The third-order valence-electron chi connectivity index (χ3n) is 1.74. The quantitative estimate of drug-likeness (QED) is 0.648. The lowest BCUT2D eigenvalue weighted by atomic mass is 10.2. The summed E-state index contributed by atoms with van der Waals surface area (Å²) in [6, 6.07) is 2.08. The zero-order chi connectivity index (χ0) is 13.2. The second-order valence-electron chi connectivity index (χ2n) is 2.76. The van der Waals surface area contributed by atoms with Crippen LogP contribution in [0.2, 0.25) is 10.0 Å². The Balaban J connectivity index is 3.56. The number of nitriles is 1. The predicted octanol–water partition coefficient (Wildman–Crippen LogP) is 1.45. The SMILES string of the molecule is N#CNS(=O)(=O)c1ccc(Cl)c(C(=O)O)c1Cl. The number of hydrogen-bond donors (Lipinski definition) is 2. The summed E-state index contributed by atoms with van der Waals surface area (Å²) in [6.07, 6.45) is 1.22. The molecule has 0 unspecified atom stereocenters. The minimum Gasteiger partial charge on any atom is -0.478 e. The maximum atomic E-state index is 11.5.